The van der Waals surface area contributed by atoms with Gasteiger partial charge in [0.1, 0.15) is 0 Å². The highest BCUT2D eigenvalue weighted by molar-refractivity contribution is 5.29. The lowest BCUT2D eigenvalue weighted by Gasteiger charge is -2.11. The van der Waals surface area contributed by atoms with E-state index in [0.29, 0.717) is 12.6 Å². The van der Waals surface area contributed by atoms with Gasteiger partial charge in [0.25, 0.3) is 0 Å². The zero-order valence-corrected chi connectivity index (χ0v) is 10.0. The number of rotatable bonds is 5. The van der Waals surface area contributed by atoms with Crippen LogP contribution in [0.25, 0.3) is 0 Å². The summed E-state index contributed by atoms with van der Waals surface area (Å²) < 4.78 is 0. The summed E-state index contributed by atoms with van der Waals surface area (Å²) in [5.74, 6) is 0. The quantitative estimate of drug-likeness (QED) is 0.770. The topological polar surface area (TPSA) is 38.0 Å². The molecule has 2 nitrogen and oxygen atoms in total. The van der Waals surface area contributed by atoms with E-state index in [4.69, 9.17) is 5.73 Å². The van der Waals surface area contributed by atoms with Crippen molar-refractivity contribution in [3.8, 4) is 0 Å². The van der Waals surface area contributed by atoms with Crippen LogP contribution in [0.5, 0.6) is 0 Å². The highest BCUT2D eigenvalue weighted by Crippen LogP contribution is 2.09. The lowest BCUT2D eigenvalue weighted by Crippen LogP contribution is -2.34. The van der Waals surface area contributed by atoms with Gasteiger partial charge in [-0.3, -0.25) is 0 Å². The molecule has 0 bridgehead atoms. The summed E-state index contributed by atoms with van der Waals surface area (Å²) in [4.78, 5) is 0. The third-order valence-corrected chi connectivity index (χ3v) is 2.83. The minimum absolute atomic E-state index is 0.413. The molecule has 0 saturated carbocycles. The Kier molecular flexibility index (Phi) is 4.79. The third-order valence-electron chi connectivity index (χ3n) is 2.83. The summed E-state index contributed by atoms with van der Waals surface area (Å²) in [6.07, 6.45) is 1.07. The van der Waals surface area contributed by atoms with Gasteiger partial charge < -0.3 is 11.1 Å². The Bertz CT molecular complexity index is 307. The van der Waals surface area contributed by atoms with E-state index in [1.54, 1.807) is 0 Å². The van der Waals surface area contributed by atoms with Crippen LogP contribution in [0.15, 0.2) is 18.2 Å². The summed E-state index contributed by atoms with van der Waals surface area (Å²) in [5, 5.41) is 3.39. The minimum atomic E-state index is 0.413. The number of hydrogen-bond acceptors (Lipinski definition) is 2. The number of nitrogens with two attached hydrogens (primary N) is 1. The summed E-state index contributed by atoms with van der Waals surface area (Å²) in [6, 6.07) is 7.08. The molecule has 0 amide bonds. The third kappa shape index (κ3) is 4.02. The van der Waals surface area contributed by atoms with Crippen molar-refractivity contribution < 1.29 is 0 Å². The first-order valence-corrected chi connectivity index (χ1v) is 5.63. The van der Waals surface area contributed by atoms with Gasteiger partial charge in [0.05, 0.1) is 0 Å². The van der Waals surface area contributed by atoms with E-state index in [1.807, 2.05) is 0 Å². The lowest BCUT2D eigenvalue weighted by molar-refractivity contribution is 0.559. The van der Waals surface area contributed by atoms with Gasteiger partial charge in [-0.25, -0.2) is 0 Å². The first kappa shape index (κ1) is 12.2. The molecule has 0 aliphatic heterocycles. The molecule has 0 aromatic heterocycles. The van der Waals surface area contributed by atoms with Crippen molar-refractivity contribution in [2.24, 2.45) is 5.73 Å². The van der Waals surface area contributed by atoms with Crippen molar-refractivity contribution in [1.82, 2.24) is 5.32 Å². The van der Waals surface area contributed by atoms with Crippen LogP contribution < -0.4 is 11.1 Å². The molecule has 2 heteroatoms. The molecule has 0 spiro atoms. The van der Waals surface area contributed by atoms with Gasteiger partial charge in [0, 0.05) is 12.6 Å². The van der Waals surface area contributed by atoms with Gasteiger partial charge in [-0.1, -0.05) is 18.2 Å². The fraction of sp³-hybridized carbons (Fsp3) is 0.538. The van der Waals surface area contributed by atoms with E-state index >= 15 is 0 Å². The molecule has 0 heterocycles. The normalized spacial score (nSPS) is 12.8. The fourth-order valence-electron chi connectivity index (χ4n) is 1.51. The zero-order chi connectivity index (χ0) is 11.3. The molecular formula is C13H22N2. The van der Waals surface area contributed by atoms with E-state index < -0.39 is 0 Å². The second-order valence-electron chi connectivity index (χ2n) is 4.26. The Hall–Kier alpha value is -0.860. The molecule has 3 N–H and O–H groups in total. The van der Waals surface area contributed by atoms with E-state index in [2.05, 4.69) is 44.3 Å². The molecule has 0 aliphatic carbocycles. The summed E-state index contributed by atoms with van der Waals surface area (Å²) in [5.41, 5.74) is 9.67. The highest BCUT2D eigenvalue weighted by Gasteiger charge is 1.99. The molecule has 0 saturated heterocycles. The van der Waals surface area contributed by atoms with Gasteiger partial charge in [-0.05, 0) is 50.4 Å². The maximum atomic E-state index is 5.53. The molecule has 1 aromatic carbocycles. The highest BCUT2D eigenvalue weighted by atomic mass is 14.9. The lowest BCUT2D eigenvalue weighted by atomic mass is 10.0. The fourth-order valence-corrected chi connectivity index (χ4v) is 1.51. The van der Waals surface area contributed by atoms with Gasteiger partial charge in [-0.2, -0.15) is 0 Å². The first-order valence-electron chi connectivity index (χ1n) is 5.63. The van der Waals surface area contributed by atoms with E-state index in [1.165, 1.54) is 16.7 Å². The molecule has 0 radical (unpaired) electrons. The van der Waals surface area contributed by atoms with Crippen LogP contribution in [0.3, 0.4) is 0 Å². The van der Waals surface area contributed by atoms with Crippen LogP contribution in [-0.2, 0) is 6.42 Å². The number of benzene rings is 1. The van der Waals surface area contributed by atoms with E-state index in [9.17, 15) is 0 Å². The second-order valence-corrected chi connectivity index (χ2v) is 4.26. The Labute approximate surface area is 92.9 Å². The Balaban J connectivity index is 2.41. The average molecular weight is 206 g/mol. The molecular weight excluding hydrogens is 184 g/mol. The molecule has 0 fully saturated rings. The summed E-state index contributed by atoms with van der Waals surface area (Å²) in [7, 11) is 0. The van der Waals surface area contributed by atoms with Crippen LogP contribution in [0.2, 0.25) is 0 Å². The van der Waals surface area contributed by atoms with Crippen molar-refractivity contribution in [2.75, 3.05) is 13.1 Å². The van der Waals surface area contributed by atoms with Crippen molar-refractivity contribution in [3.63, 3.8) is 0 Å². The Morgan fingerprint density at radius 1 is 1.27 bits per heavy atom. The molecule has 15 heavy (non-hydrogen) atoms. The molecule has 1 aromatic rings. The Morgan fingerprint density at radius 2 is 2.00 bits per heavy atom. The second kappa shape index (κ2) is 5.89. The van der Waals surface area contributed by atoms with Gasteiger partial charge in [0.15, 0.2) is 0 Å². The first-order chi connectivity index (χ1) is 7.13. The number of hydrogen-bond donors (Lipinski definition) is 2. The number of aryl methyl sites for hydroxylation is 2. The Morgan fingerprint density at radius 3 is 2.60 bits per heavy atom. The van der Waals surface area contributed by atoms with Gasteiger partial charge in [-0.15, -0.1) is 0 Å². The maximum Gasteiger partial charge on any atom is 0.0162 e. The van der Waals surface area contributed by atoms with Crippen LogP contribution in [0, 0.1) is 13.8 Å². The SMILES string of the molecule is Cc1ccc(CCN[C@H](C)CN)cc1C. The predicted molar refractivity (Wildman–Crippen MR) is 66.1 cm³/mol. The van der Waals surface area contributed by atoms with Crippen molar-refractivity contribution >= 4 is 0 Å². The smallest absolute Gasteiger partial charge is 0.0162 e. The minimum Gasteiger partial charge on any atom is -0.329 e. The predicted octanol–water partition coefficient (Wildman–Crippen LogP) is 1.78. The molecule has 84 valence electrons. The molecule has 1 rings (SSSR count). The summed E-state index contributed by atoms with van der Waals surface area (Å²) >= 11 is 0. The van der Waals surface area contributed by atoms with Crippen LogP contribution in [0.1, 0.15) is 23.6 Å². The zero-order valence-electron chi connectivity index (χ0n) is 10.0. The van der Waals surface area contributed by atoms with E-state index in [0.717, 1.165) is 13.0 Å². The number of nitrogens with one attached hydrogen (secondary N) is 1. The molecule has 0 unspecified atom stereocenters. The van der Waals surface area contributed by atoms with Crippen LogP contribution in [0.4, 0.5) is 0 Å². The van der Waals surface area contributed by atoms with Crippen molar-refractivity contribution in [2.45, 2.75) is 33.2 Å². The van der Waals surface area contributed by atoms with Crippen LogP contribution >= 0.6 is 0 Å². The van der Waals surface area contributed by atoms with Crippen LogP contribution in [-0.4, -0.2) is 19.1 Å². The maximum absolute atomic E-state index is 5.53. The van der Waals surface area contributed by atoms with Crippen molar-refractivity contribution in [1.29, 1.82) is 0 Å². The van der Waals surface area contributed by atoms with Crippen molar-refractivity contribution in [3.05, 3.63) is 34.9 Å². The summed E-state index contributed by atoms with van der Waals surface area (Å²) in [6.45, 7) is 8.12. The standard InChI is InChI=1S/C13H22N2/c1-10-4-5-13(8-11(10)2)6-7-15-12(3)9-14/h4-5,8,12,15H,6-7,9,14H2,1-3H3/t12-/m1/s1. The van der Waals surface area contributed by atoms with E-state index in [-0.39, 0.29) is 0 Å². The largest absolute Gasteiger partial charge is 0.329 e. The average Bonchev–Trinajstić information content (AvgIpc) is 2.23. The van der Waals surface area contributed by atoms with Gasteiger partial charge in [0.2, 0.25) is 0 Å². The molecule has 0 aliphatic rings. The monoisotopic (exact) mass is 206 g/mol. The molecule has 1 atom stereocenters. The van der Waals surface area contributed by atoms with Gasteiger partial charge >= 0.3 is 0 Å².